The molecule has 2 aromatic carbocycles. The lowest BCUT2D eigenvalue weighted by molar-refractivity contribution is -0.122. The normalized spacial score (nSPS) is 19.6. The Bertz CT molecular complexity index is 1100. The van der Waals surface area contributed by atoms with Crippen LogP contribution in [0.25, 0.3) is 0 Å². The molecular weight excluding hydrogens is 430 g/mol. The van der Waals surface area contributed by atoms with Crippen LogP contribution in [0.2, 0.25) is 5.02 Å². The van der Waals surface area contributed by atoms with Crippen LogP contribution in [0, 0.1) is 0 Å². The molecule has 0 spiro atoms. The Balaban J connectivity index is 1.46. The molecule has 8 nitrogen and oxygen atoms in total. The molecule has 2 heterocycles. The van der Waals surface area contributed by atoms with Crippen LogP contribution in [0.1, 0.15) is 17.3 Å². The highest BCUT2D eigenvalue weighted by molar-refractivity contribution is 7.89. The third-order valence-corrected chi connectivity index (χ3v) is 7.28. The average Bonchev–Trinajstić information content (AvgIpc) is 2.74. The van der Waals surface area contributed by atoms with Gasteiger partial charge in [-0.1, -0.05) is 11.6 Å². The van der Waals surface area contributed by atoms with Gasteiger partial charge in [0.2, 0.25) is 10.0 Å². The lowest BCUT2D eigenvalue weighted by Crippen LogP contribution is -2.50. The van der Waals surface area contributed by atoms with Crippen LogP contribution < -0.4 is 10.1 Å². The Labute approximate surface area is 179 Å². The van der Waals surface area contributed by atoms with E-state index in [0.717, 1.165) is 0 Å². The van der Waals surface area contributed by atoms with Crippen LogP contribution in [0.3, 0.4) is 0 Å². The van der Waals surface area contributed by atoms with Gasteiger partial charge in [-0.2, -0.15) is 4.31 Å². The average molecular weight is 450 g/mol. The number of sulfonamides is 1. The number of benzene rings is 2. The number of nitrogens with zero attached hydrogens (tertiary/aromatic N) is 2. The number of hydrogen-bond donors (Lipinski definition) is 1. The van der Waals surface area contributed by atoms with Gasteiger partial charge < -0.3 is 15.0 Å². The predicted molar refractivity (Wildman–Crippen MR) is 111 cm³/mol. The highest BCUT2D eigenvalue weighted by Crippen LogP contribution is 2.33. The van der Waals surface area contributed by atoms with Gasteiger partial charge in [0.15, 0.2) is 6.10 Å². The molecule has 0 saturated carbocycles. The fourth-order valence-electron chi connectivity index (χ4n) is 3.40. The van der Waals surface area contributed by atoms with Crippen LogP contribution in [-0.4, -0.2) is 61.7 Å². The first-order valence-electron chi connectivity index (χ1n) is 9.42. The summed E-state index contributed by atoms with van der Waals surface area (Å²) in [7, 11) is -3.77. The van der Waals surface area contributed by atoms with Gasteiger partial charge in [0.1, 0.15) is 5.75 Å². The first kappa shape index (κ1) is 20.6. The molecule has 158 valence electrons. The summed E-state index contributed by atoms with van der Waals surface area (Å²) < 4.78 is 32.9. The molecule has 30 heavy (non-hydrogen) atoms. The SMILES string of the molecule is C[C@H]1Oc2ccc(S(=O)(=O)N3CCN(C(=O)c4ccc(Cl)cc4)CC3)cc2NC1=O. The van der Waals surface area contributed by atoms with Crippen molar-refractivity contribution < 1.29 is 22.7 Å². The molecule has 2 aliphatic heterocycles. The first-order valence-corrected chi connectivity index (χ1v) is 11.2. The summed E-state index contributed by atoms with van der Waals surface area (Å²) in [5.74, 6) is -0.0581. The van der Waals surface area contributed by atoms with Crippen LogP contribution in [-0.2, 0) is 14.8 Å². The molecule has 1 atom stereocenters. The lowest BCUT2D eigenvalue weighted by atomic mass is 10.2. The first-order chi connectivity index (χ1) is 14.3. The minimum atomic E-state index is -3.77. The molecule has 0 aromatic heterocycles. The van der Waals surface area contributed by atoms with E-state index in [1.165, 1.54) is 16.4 Å². The molecular formula is C20H20ClN3O5S. The Morgan fingerprint density at radius 3 is 2.43 bits per heavy atom. The predicted octanol–water partition coefficient (Wildman–Crippen LogP) is 2.21. The van der Waals surface area contributed by atoms with E-state index in [-0.39, 0.29) is 42.9 Å². The van der Waals surface area contributed by atoms with Crippen molar-refractivity contribution in [2.45, 2.75) is 17.9 Å². The van der Waals surface area contributed by atoms with Crippen molar-refractivity contribution in [2.75, 3.05) is 31.5 Å². The number of ether oxygens (including phenoxy) is 1. The maximum Gasteiger partial charge on any atom is 0.265 e. The van der Waals surface area contributed by atoms with E-state index >= 15 is 0 Å². The summed E-state index contributed by atoms with van der Waals surface area (Å²) in [6.45, 7) is 2.54. The molecule has 2 aliphatic rings. The van der Waals surface area contributed by atoms with Gasteiger partial charge in [-0.05, 0) is 49.4 Å². The van der Waals surface area contributed by atoms with E-state index in [1.54, 1.807) is 42.2 Å². The van der Waals surface area contributed by atoms with Gasteiger partial charge in [0.05, 0.1) is 10.6 Å². The van der Waals surface area contributed by atoms with E-state index < -0.39 is 16.1 Å². The van der Waals surface area contributed by atoms with Crippen molar-refractivity contribution in [3.05, 3.63) is 53.1 Å². The second kappa shape index (κ2) is 7.90. The number of carbonyl (C=O) groups is 2. The highest BCUT2D eigenvalue weighted by Gasteiger charge is 2.32. The molecule has 2 aromatic rings. The van der Waals surface area contributed by atoms with Gasteiger partial charge >= 0.3 is 0 Å². The Morgan fingerprint density at radius 2 is 1.77 bits per heavy atom. The van der Waals surface area contributed by atoms with E-state index in [9.17, 15) is 18.0 Å². The maximum absolute atomic E-state index is 13.1. The zero-order valence-electron chi connectivity index (χ0n) is 16.2. The lowest BCUT2D eigenvalue weighted by Gasteiger charge is -2.34. The fraction of sp³-hybridized carbons (Fsp3) is 0.300. The molecule has 0 bridgehead atoms. The van der Waals surface area contributed by atoms with Crippen LogP contribution in [0.5, 0.6) is 5.75 Å². The van der Waals surface area contributed by atoms with Gasteiger partial charge in [-0.15, -0.1) is 0 Å². The van der Waals surface area contributed by atoms with Crippen molar-refractivity contribution in [3.8, 4) is 5.75 Å². The second-order valence-electron chi connectivity index (χ2n) is 7.11. The van der Waals surface area contributed by atoms with Crippen molar-refractivity contribution >= 4 is 39.1 Å². The Morgan fingerprint density at radius 1 is 1.10 bits per heavy atom. The summed E-state index contributed by atoms with van der Waals surface area (Å²) in [6.07, 6.45) is -0.633. The Kier molecular flexibility index (Phi) is 5.44. The zero-order valence-corrected chi connectivity index (χ0v) is 17.7. The standard InChI is InChI=1S/C20H20ClN3O5S/c1-13-19(25)22-17-12-16(6-7-18(17)29-13)30(27,28)24-10-8-23(9-11-24)20(26)14-2-4-15(21)5-3-14/h2-7,12-13H,8-11H2,1H3,(H,22,25)/t13-/m1/s1. The smallest absolute Gasteiger partial charge is 0.265 e. The number of carbonyl (C=O) groups excluding carboxylic acids is 2. The minimum absolute atomic E-state index is 0.0668. The van der Waals surface area contributed by atoms with Gasteiger partial charge in [0, 0.05) is 36.8 Å². The molecule has 1 N–H and O–H groups in total. The Hall–Kier alpha value is -2.62. The molecule has 1 saturated heterocycles. The number of rotatable bonds is 3. The number of hydrogen-bond acceptors (Lipinski definition) is 5. The van der Waals surface area contributed by atoms with Crippen molar-refractivity contribution in [1.29, 1.82) is 0 Å². The summed E-state index contributed by atoms with van der Waals surface area (Å²) in [5.41, 5.74) is 0.839. The summed E-state index contributed by atoms with van der Waals surface area (Å²) >= 11 is 5.86. The van der Waals surface area contributed by atoms with E-state index in [0.29, 0.717) is 22.0 Å². The molecule has 0 unspecified atom stereocenters. The summed E-state index contributed by atoms with van der Waals surface area (Å²) in [4.78, 5) is 26.1. The van der Waals surface area contributed by atoms with E-state index in [1.807, 2.05) is 0 Å². The van der Waals surface area contributed by atoms with E-state index in [4.69, 9.17) is 16.3 Å². The summed E-state index contributed by atoms with van der Waals surface area (Å²) in [6, 6.07) is 11.0. The van der Waals surface area contributed by atoms with Gasteiger partial charge in [0.25, 0.3) is 11.8 Å². The topological polar surface area (TPSA) is 96.0 Å². The molecule has 0 aliphatic carbocycles. The minimum Gasteiger partial charge on any atom is -0.479 e. The molecule has 2 amide bonds. The number of piperazine rings is 1. The molecule has 0 radical (unpaired) electrons. The monoisotopic (exact) mass is 449 g/mol. The second-order valence-corrected chi connectivity index (χ2v) is 9.48. The number of nitrogens with one attached hydrogen (secondary N) is 1. The van der Waals surface area contributed by atoms with Crippen molar-refractivity contribution in [2.24, 2.45) is 0 Å². The number of amides is 2. The van der Waals surface area contributed by atoms with Crippen LogP contribution in [0.15, 0.2) is 47.4 Å². The number of fused-ring (bicyclic) bond motifs is 1. The third-order valence-electron chi connectivity index (χ3n) is 5.14. The van der Waals surface area contributed by atoms with Crippen molar-refractivity contribution in [1.82, 2.24) is 9.21 Å². The maximum atomic E-state index is 13.1. The molecule has 4 rings (SSSR count). The van der Waals surface area contributed by atoms with Gasteiger partial charge in [-0.25, -0.2) is 8.42 Å². The van der Waals surface area contributed by atoms with Gasteiger partial charge in [-0.3, -0.25) is 9.59 Å². The highest BCUT2D eigenvalue weighted by atomic mass is 35.5. The third kappa shape index (κ3) is 3.88. The number of halogens is 1. The molecule has 1 fully saturated rings. The summed E-state index contributed by atoms with van der Waals surface area (Å²) in [5, 5.41) is 3.20. The fourth-order valence-corrected chi connectivity index (χ4v) is 4.98. The van der Waals surface area contributed by atoms with Crippen LogP contribution >= 0.6 is 11.6 Å². The largest absolute Gasteiger partial charge is 0.479 e. The van der Waals surface area contributed by atoms with E-state index in [2.05, 4.69) is 5.32 Å². The van der Waals surface area contributed by atoms with Crippen LogP contribution in [0.4, 0.5) is 5.69 Å². The quantitative estimate of drug-likeness (QED) is 0.775. The van der Waals surface area contributed by atoms with Crippen molar-refractivity contribution in [3.63, 3.8) is 0 Å². The zero-order chi connectivity index (χ0) is 21.5. The number of anilines is 1. The molecule has 10 heteroatoms.